The summed E-state index contributed by atoms with van der Waals surface area (Å²) in [4.78, 5) is 19.8. The number of hydrogen-bond acceptors (Lipinski definition) is 5. The molecule has 0 unspecified atom stereocenters. The second-order valence-corrected chi connectivity index (χ2v) is 4.83. The van der Waals surface area contributed by atoms with E-state index >= 15 is 0 Å². The second-order valence-electron chi connectivity index (χ2n) is 4.83. The molecule has 0 atom stereocenters. The van der Waals surface area contributed by atoms with Gasteiger partial charge in [0.25, 0.3) is 5.91 Å². The predicted octanol–water partition coefficient (Wildman–Crippen LogP) is 1.01. The zero-order valence-corrected chi connectivity index (χ0v) is 11.4. The molecule has 6 nitrogen and oxygen atoms in total. The van der Waals surface area contributed by atoms with Gasteiger partial charge >= 0.3 is 0 Å². The molecule has 0 bridgehead atoms. The first-order valence-corrected chi connectivity index (χ1v) is 6.52. The number of methoxy groups -OCH3 is 1. The first kappa shape index (κ1) is 13.9. The lowest BCUT2D eigenvalue weighted by Gasteiger charge is -2.31. The predicted molar refractivity (Wildman–Crippen MR) is 70.3 cm³/mol. The van der Waals surface area contributed by atoms with E-state index in [4.69, 9.17) is 4.74 Å². The van der Waals surface area contributed by atoms with Gasteiger partial charge in [-0.15, -0.1) is 0 Å². The fraction of sp³-hybridized carbons (Fsp3) is 0.615. The summed E-state index contributed by atoms with van der Waals surface area (Å²) >= 11 is 0. The van der Waals surface area contributed by atoms with Crippen molar-refractivity contribution in [2.45, 2.75) is 37.8 Å². The minimum absolute atomic E-state index is 0.116. The number of hydrazine groups is 1. The van der Waals surface area contributed by atoms with E-state index in [-0.39, 0.29) is 5.91 Å². The van der Waals surface area contributed by atoms with Gasteiger partial charge < -0.3 is 4.74 Å². The summed E-state index contributed by atoms with van der Waals surface area (Å²) in [6.45, 7) is 0. The Kier molecular flexibility index (Phi) is 4.81. The number of amides is 1. The van der Waals surface area contributed by atoms with Gasteiger partial charge in [0, 0.05) is 32.6 Å². The SMILES string of the molecule is COC1CCC(NN(C)C(=O)c2cncnc2)CC1. The van der Waals surface area contributed by atoms with Crippen LogP contribution in [-0.2, 0) is 4.74 Å². The average Bonchev–Trinajstić information content (AvgIpc) is 2.48. The number of carbonyl (C=O) groups is 1. The van der Waals surface area contributed by atoms with Crippen molar-refractivity contribution in [3.8, 4) is 0 Å². The van der Waals surface area contributed by atoms with Crippen molar-refractivity contribution in [1.82, 2.24) is 20.4 Å². The van der Waals surface area contributed by atoms with Gasteiger partial charge in [-0.1, -0.05) is 0 Å². The molecule has 1 fully saturated rings. The Morgan fingerprint density at radius 3 is 2.53 bits per heavy atom. The maximum absolute atomic E-state index is 12.1. The van der Waals surface area contributed by atoms with E-state index in [1.807, 2.05) is 0 Å². The zero-order valence-electron chi connectivity index (χ0n) is 11.4. The van der Waals surface area contributed by atoms with Crippen LogP contribution in [0.3, 0.4) is 0 Å². The van der Waals surface area contributed by atoms with Crippen LogP contribution >= 0.6 is 0 Å². The Bertz CT molecular complexity index is 404. The molecule has 6 heteroatoms. The quantitative estimate of drug-likeness (QED) is 0.822. The van der Waals surface area contributed by atoms with Crippen molar-refractivity contribution < 1.29 is 9.53 Å². The number of nitrogens with zero attached hydrogens (tertiary/aromatic N) is 3. The summed E-state index contributed by atoms with van der Waals surface area (Å²) in [6.07, 6.45) is 8.92. The lowest BCUT2D eigenvalue weighted by molar-refractivity contribution is 0.0448. The largest absolute Gasteiger partial charge is 0.381 e. The third-order valence-corrected chi connectivity index (χ3v) is 3.50. The smallest absolute Gasteiger partial charge is 0.270 e. The number of aromatic nitrogens is 2. The van der Waals surface area contributed by atoms with E-state index in [2.05, 4.69) is 15.4 Å². The molecule has 0 aromatic carbocycles. The number of hydrogen-bond donors (Lipinski definition) is 1. The molecule has 0 spiro atoms. The molecule has 2 rings (SSSR count). The van der Waals surface area contributed by atoms with Crippen molar-refractivity contribution in [2.24, 2.45) is 0 Å². The highest BCUT2D eigenvalue weighted by molar-refractivity contribution is 5.93. The first-order chi connectivity index (χ1) is 9.20. The summed E-state index contributed by atoms with van der Waals surface area (Å²) < 4.78 is 5.34. The molecule has 0 aliphatic heterocycles. The molecule has 1 aromatic heterocycles. The number of carbonyl (C=O) groups excluding carboxylic acids is 1. The van der Waals surface area contributed by atoms with E-state index in [0.29, 0.717) is 17.7 Å². The Morgan fingerprint density at radius 2 is 1.95 bits per heavy atom. The normalized spacial score (nSPS) is 23.1. The molecule has 104 valence electrons. The lowest BCUT2D eigenvalue weighted by Crippen LogP contribution is -2.47. The van der Waals surface area contributed by atoms with Crippen molar-refractivity contribution >= 4 is 5.91 Å². The fourth-order valence-corrected chi connectivity index (χ4v) is 2.36. The van der Waals surface area contributed by atoms with Gasteiger partial charge in [-0.3, -0.25) is 9.80 Å². The van der Waals surface area contributed by atoms with Crippen LogP contribution in [-0.4, -0.2) is 47.2 Å². The van der Waals surface area contributed by atoms with Gasteiger partial charge in [0.1, 0.15) is 6.33 Å². The van der Waals surface area contributed by atoms with Crippen molar-refractivity contribution in [1.29, 1.82) is 0 Å². The third-order valence-electron chi connectivity index (χ3n) is 3.50. The molecule has 1 heterocycles. The Morgan fingerprint density at radius 1 is 1.32 bits per heavy atom. The van der Waals surface area contributed by atoms with Crippen LogP contribution in [0.25, 0.3) is 0 Å². The Hall–Kier alpha value is -1.53. The van der Waals surface area contributed by atoms with Crippen LogP contribution in [0.2, 0.25) is 0 Å². The zero-order chi connectivity index (χ0) is 13.7. The number of ether oxygens (including phenoxy) is 1. The average molecular weight is 264 g/mol. The Labute approximate surface area is 113 Å². The van der Waals surface area contributed by atoms with Crippen LogP contribution in [0, 0.1) is 0 Å². The fourth-order valence-electron chi connectivity index (χ4n) is 2.36. The van der Waals surface area contributed by atoms with Crippen LogP contribution < -0.4 is 5.43 Å². The lowest BCUT2D eigenvalue weighted by atomic mass is 9.93. The van der Waals surface area contributed by atoms with E-state index < -0.39 is 0 Å². The van der Waals surface area contributed by atoms with E-state index in [0.717, 1.165) is 25.7 Å². The van der Waals surface area contributed by atoms with Crippen molar-refractivity contribution in [3.63, 3.8) is 0 Å². The molecule has 1 saturated carbocycles. The highest BCUT2D eigenvalue weighted by Crippen LogP contribution is 2.20. The molecule has 0 radical (unpaired) electrons. The first-order valence-electron chi connectivity index (χ1n) is 6.52. The third kappa shape index (κ3) is 3.71. The summed E-state index contributed by atoms with van der Waals surface area (Å²) in [5.74, 6) is -0.116. The summed E-state index contributed by atoms with van der Waals surface area (Å²) in [7, 11) is 3.49. The number of nitrogens with one attached hydrogen (secondary N) is 1. The molecule has 1 N–H and O–H groups in total. The van der Waals surface area contributed by atoms with Gasteiger partial charge in [-0.25, -0.2) is 15.4 Å². The van der Waals surface area contributed by atoms with E-state index in [1.165, 1.54) is 23.7 Å². The minimum Gasteiger partial charge on any atom is -0.381 e. The molecule has 1 amide bonds. The maximum Gasteiger partial charge on any atom is 0.270 e. The molecule has 1 aliphatic carbocycles. The van der Waals surface area contributed by atoms with E-state index in [1.54, 1.807) is 14.2 Å². The van der Waals surface area contributed by atoms with Crippen LogP contribution in [0.4, 0.5) is 0 Å². The van der Waals surface area contributed by atoms with Crippen molar-refractivity contribution in [3.05, 3.63) is 24.3 Å². The van der Waals surface area contributed by atoms with Crippen LogP contribution in [0.5, 0.6) is 0 Å². The standard InChI is InChI=1S/C13H20N4O2/c1-17(13(18)10-7-14-9-15-8-10)16-11-3-5-12(19-2)6-4-11/h7-9,11-12,16H,3-6H2,1-2H3. The summed E-state index contributed by atoms with van der Waals surface area (Å²) in [6, 6.07) is 0.324. The van der Waals surface area contributed by atoms with Gasteiger partial charge in [0.15, 0.2) is 0 Å². The maximum atomic E-state index is 12.1. The van der Waals surface area contributed by atoms with Gasteiger partial charge in [0.05, 0.1) is 11.7 Å². The van der Waals surface area contributed by atoms with Gasteiger partial charge in [0.2, 0.25) is 0 Å². The van der Waals surface area contributed by atoms with Crippen LogP contribution in [0.1, 0.15) is 36.0 Å². The van der Waals surface area contributed by atoms with E-state index in [9.17, 15) is 4.79 Å². The topological polar surface area (TPSA) is 67.3 Å². The summed E-state index contributed by atoms with van der Waals surface area (Å²) in [5.41, 5.74) is 3.72. The minimum atomic E-state index is -0.116. The monoisotopic (exact) mass is 264 g/mol. The van der Waals surface area contributed by atoms with Crippen molar-refractivity contribution in [2.75, 3.05) is 14.2 Å². The molecule has 1 aliphatic rings. The Balaban J connectivity index is 1.84. The molecular weight excluding hydrogens is 244 g/mol. The number of rotatable bonds is 4. The molecule has 1 aromatic rings. The summed E-state index contributed by atoms with van der Waals surface area (Å²) in [5, 5.41) is 1.52. The molecule has 19 heavy (non-hydrogen) atoms. The highest BCUT2D eigenvalue weighted by atomic mass is 16.5. The van der Waals surface area contributed by atoms with Gasteiger partial charge in [-0.2, -0.15) is 0 Å². The molecule has 0 saturated heterocycles. The van der Waals surface area contributed by atoms with Gasteiger partial charge in [-0.05, 0) is 25.7 Å². The highest BCUT2D eigenvalue weighted by Gasteiger charge is 2.23. The van der Waals surface area contributed by atoms with Crippen LogP contribution in [0.15, 0.2) is 18.7 Å². The molecular formula is C13H20N4O2. The second kappa shape index (κ2) is 6.58.